The van der Waals surface area contributed by atoms with Gasteiger partial charge in [0.05, 0.1) is 0 Å². The van der Waals surface area contributed by atoms with Gasteiger partial charge in [0, 0.05) is 13.1 Å². The van der Waals surface area contributed by atoms with E-state index in [1.54, 1.807) is 0 Å². The molecule has 0 aliphatic carbocycles. The normalized spacial score (nSPS) is 12.6. The minimum absolute atomic E-state index is 0.308. The van der Waals surface area contributed by atoms with E-state index in [4.69, 9.17) is 4.74 Å². The van der Waals surface area contributed by atoms with Crippen molar-refractivity contribution in [3.05, 3.63) is 65.2 Å². The summed E-state index contributed by atoms with van der Waals surface area (Å²) in [7, 11) is 2.02. The van der Waals surface area contributed by atoms with Crippen LogP contribution < -0.4 is 4.74 Å². The van der Waals surface area contributed by atoms with Gasteiger partial charge in [-0.2, -0.15) is 0 Å². The van der Waals surface area contributed by atoms with Crippen LogP contribution in [-0.4, -0.2) is 36.3 Å². The molecule has 1 N–H and O–H groups in total. The molecule has 0 unspecified atom stereocenters. The summed E-state index contributed by atoms with van der Waals surface area (Å²) in [5.74, 6) is 1.29. The lowest BCUT2D eigenvalue weighted by Crippen LogP contribution is -2.32. The summed E-state index contributed by atoms with van der Waals surface area (Å²) in [6.45, 7) is 8.07. The molecule has 130 valence electrons. The molecular weight excluding hydrogens is 298 g/mol. The standard InChI is InChI=1S/C21H29NO2/c1-16(2)20-11-10-17(3)12-21(20)24-15-19(23)14-22(4)13-18-8-6-5-7-9-18/h5-12,16,19,23H,13-15H2,1-4H3/t19-/m0/s1. The zero-order chi connectivity index (χ0) is 17.5. The number of nitrogens with zero attached hydrogens (tertiary/aromatic N) is 1. The fourth-order valence-electron chi connectivity index (χ4n) is 2.80. The van der Waals surface area contributed by atoms with Crippen LogP contribution in [0.5, 0.6) is 5.75 Å². The first-order valence-electron chi connectivity index (χ1n) is 8.59. The van der Waals surface area contributed by atoms with Gasteiger partial charge < -0.3 is 9.84 Å². The van der Waals surface area contributed by atoms with Crippen LogP contribution in [0, 0.1) is 6.92 Å². The summed E-state index contributed by atoms with van der Waals surface area (Å²) in [5, 5.41) is 10.3. The Hall–Kier alpha value is -1.84. The average molecular weight is 327 g/mol. The van der Waals surface area contributed by atoms with Gasteiger partial charge in [-0.05, 0) is 42.6 Å². The number of rotatable bonds is 8. The molecule has 0 radical (unpaired) electrons. The number of hydrogen-bond donors (Lipinski definition) is 1. The van der Waals surface area contributed by atoms with Crippen molar-refractivity contribution < 1.29 is 9.84 Å². The van der Waals surface area contributed by atoms with E-state index < -0.39 is 6.10 Å². The van der Waals surface area contributed by atoms with Crippen LogP contribution in [0.1, 0.15) is 36.5 Å². The van der Waals surface area contributed by atoms with Gasteiger partial charge in [-0.3, -0.25) is 4.90 Å². The molecular formula is C21H29NO2. The van der Waals surface area contributed by atoms with E-state index in [-0.39, 0.29) is 0 Å². The molecule has 0 aromatic heterocycles. The zero-order valence-electron chi connectivity index (χ0n) is 15.2. The maximum atomic E-state index is 10.3. The summed E-state index contributed by atoms with van der Waals surface area (Å²) < 4.78 is 5.92. The Balaban J connectivity index is 1.87. The van der Waals surface area contributed by atoms with E-state index in [0.717, 1.165) is 12.3 Å². The Morgan fingerprint density at radius 1 is 1.08 bits per heavy atom. The summed E-state index contributed by atoms with van der Waals surface area (Å²) in [4.78, 5) is 2.11. The SMILES string of the molecule is Cc1ccc(C(C)C)c(OC[C@@H](O)CN(C)Cc2ccccc2)c1. The topological polar surface area (TPSA) is 32.7 Å². The lowest BCUT2D eigenvalue weighted by molar-refractivity contribution is 0.0739. The van der Waals surface area contributed by atoms with E-state index in [9.17, 15) is 5.11 Å². The molecule has 2 aromatic rings. The maximum Gasteiger partial charge on any atom is 0.123 e. The van der Waals surface area contributed by atoms with Crippen molar-refractivity contribution >= 4 is 0 Å². The van der Waals surface area contributed by atoms with Crippen LogP contribution in [0.2, 0.25) is 0 Å². The summed E-state index contributed by atoms with van der Waals surface area (Å²) in [6.07, 6.45) is -0.515. The third-order valence-corrected chi connectivity index (χ3v) is 4.04. The van der Waals surface area contributed by atoms with Gasteiger partial charge in [0.25, 0.3) is 0 Å². The molecule has 1 atom stereocenters. The number of hydrogen-bond acceptors (Lipinski definition) is 3. The minimum atomic E-state index is -0.515. The predicted molar refractivity (Wildman–Crippen MR) is 99.5 cm³/mol. The molecule has 0 aliphatic rings. The van der Waals surface area contributed by atoms with Gasteiger partial charge in [0.1, 0.15) is 18.5 Å². The van der Waals surface area contributed by atoms with Crippen molar-refractivity contribution in [2.45, 2.75) is 39.3 Å². The van der Waals surface area contributed by atoms with Crippen LogP contribution in [0.3, 0.4) is 0 Å². The van der Waals surface area contributed by atoms with Crippen molar-refractivity contribution in [2.75, 3.05) is 20.2 Å². The maximum absolute atomic E-state index is 10.3. The second-order valence-corrected chi connectivity index (χ2v) is 6.84. The molecule has 3 heteroatoms. The largest absolute Gasteiger partial charge is 0.491 e. The number of ether oxygens (including phenoxy) is 1. The van der Waals surface area contributed by atoms with Crippen molar-refractivity contribution in [3.63, 3.8) is 0 Å². The Kier molecular flexibility index (Phi) is 6.83. The van der Waals surface area contributed by atoms with Crippen LogP contribution in [-0.2, 0) is 6.54 Å². The zero-order valence-corrected chi connectivity index (χ0v) is 15.2. The predicted octanol–water partition coefficient (Wildman–Crippen LogP) is 3.99. The van der Waals surface area contributed by atoms with Crippen molar-refractivity contribution in [2.24, 2.45) is 0 Å². The van der Waals surface area contributed by atoms with Crippen LogP contribution in [0.15, 0.2) is 48.5 Å². The van der Waals surface area contributed by atoms with Crippen LogP contribution >= 0.6 is 0 Å². The number of likely N-dealkylation sites (N-methyl/N-ethyl adjacent to an activating group) is 1. The molecule has 0 amide bonds. The Morgan fingerprint density at radius 3 is 2.46 bits per heavy atom. The summed E-state index contributed by atoms with van der Waals surface area (Å²) >= 11 is 0. The molecule has 3 nitrogen and oxygen atoms in total. The second-order valence-electron chi connectivity index (χ2n) is 6.84. The molecule has 0 bridgehead atoms. The van der Waals surface area contributed by atoms with Gasteiger partial charge in [-0.1, -0.05) is 56.3 Å². The number of aliphatic hydroxyl groups excluding tert-OH is 1. The van der Waals surface area contributed by atoms with Crippen molar-refractivity contribution in [1.29, 1.82) is 0 Å². The van der Waals surface area contributed by atoms with E-state index in [1.807, 2.05) is 25.2 Å². The molecule has 24 heavy (non-hydrogen) atoms. The third-order valence-electron chi connectivity index (χ3n) is 4.04. The number of benzene rings is 2. The average Bonchev–Trinajstić information content (AvgIpc) is 2.53. The highest BCUT2D eigenvalue weighted by molar-refractivity contribution is 5.39. The van der Waals surface area contributed by atoms with Gasteiger partial charge in [0.2, 0.25) is 0 Å². The molecule has 2 rings (SSSR count). The van der Waals surface area contributed by atoms with Crippen molar-refractivity contribution in [3.8, 4) is 5.75 Å². The second kappa shape index (κ2) is 8.86. The van der Waals surface area contributed by atoms with E-state index in [2.05, 4.69) is 56.0 Å². The van der Waals surface area contributed by atoms with Crippen LogP contribution in [0.25, 0.3) is 0 Å². The highest BCUT2D eigenvalue weighted by Gasteiger charge is 2.13. The smallest absolute Gasteiger partial charge is 0.123 e. The highest BCUT2D eigenvalue weighted by atomic mass is 16.5. The van der Waals surface area contributed by atoms with Gasteiger partial charge in [-0.25, -0.2) is 0 Å². The minimum Gasteiger partial charge on any atom is -0.491 e. The first-order valence-corrected chi connectivity index (χ1v) is 8.59. The fourth-order valence-corrected chi connectivity index (χ4v) is 2.80. The quantitative estimate of drug-likeness (QED) is 0.796. The van der Waals surface area contributed by atoms with Gasteiger partial charge in [-0.15, -0.1) is 0 Å². The molecule has 2 aromatic carbocycles. The number of aryl methyl sites for hydroxylation is 1. The van der Waals surface area contributed by atoms with Gasteiger partial charge >= 0.3 is 0 Å². The molecule has 0 saturated heterocycles. The summed E-state index contributed by atoms with van der Waals surface area (Å²) in [5.41, 5.74) is 3.60. The van der Waals surface area contributed by atoms with E-state index >= 15 is 0 Å². The Labute approximate surface area is 145 Å². The van der Waals surface area contributed by atoms with E-state index in [1.165, 1.54) is 16.7 Å². The lowest BCUT2D eigenvalue weighted by atomic mass is 10.0. The first-order chi connectivity index (χ1) is 11.5. The Morgan fingerprint density at radius 2 is 1.79 bits per heavy atom. The Bertz CT molecular complexity index is 625. The monoisotopic (exact) mass is 327 g/mol. The summed E-state index contributed by atoms with van der Waals surface area (Å²) in [6, 6.07) is 16.6. The third kappa shape index (κ3) is 5.66. The van der Waals surface area contributed by atoms with Crippen molar-refractivity contribution in [1.82, 2.24) is 4.90 Å². The molecule has 0 spiro atoms. The fraction of sp³-hybridized carbons (Fsp3) is 0.429. The highest BCUT2D eigenvalue weighted by Crippen LogP contribution is 2.27. The van der Waals surface area contributed by atoms with Crippen LogP contribution in [0.4, 0.5) is 0 Å². The molecule has 0 heterocycles. The lowest BCUT2D eigenvalue weighted by Gasteiger charge is -2.22. The number of aliphatic hydroxyl groups is 1. The van der Waals surface area contributed by atoms with E-state index in [0.29, 0.717) is 19.1 Å². The molecule has 0 saturated carbocycles. The van der Waals surface area contributed by atoms with Gasteiger partial charge in [0.15, 0.2) is 0 Å². The molecule has 0 aliphatic heterocycles. The first kappa shape index (κ1) is 18.5. The molecule has 0 fully saturated rings.